The first-order valence-electron chi connectivity index (χ1n) is 9.13. The van der Waals surface area contributed by atoms with Crippen molar-refractivity contribution in [1.29, 1.82) is 0 Å². The molecule has 1 fully saturated rings. The van der Waals surface area contributed by atoms with Gasteiger partial charge in [-0.05, 0) is 49.6 Å². The lowest BCUT2D eigenvalue weighted by Gasteiger charge is -2.31. The Hall–Kier alpha value is -2.52. The molecule has 0 bridgehead atoms. The van der Waals surface area contributed by atoms with Crippen LogP contribution in [0.2, 0.25) is 0 Å². The van der Waals surface area contributed by atoms with E-state index in [9.17, 15) is 22.0 Å². The Labute approximate surface area is 168 Å². The maximum Gasteiger partial charge on any atom is 0.246 e. The molecule has 0 radical (unpaired) electrons. The van der Waals surface area contributed by atoms with E-state index in [1.807, 2.05) is 0 Å². The van der Waals surface area contributed by atoms with Crippen LogP contribution in [-0.2, 0) is 14.8 Å². The smallest absolute Gasteiger partial charge is 0.246 e. The quantitative estimate of drug-likeness (QED) is 0.799. The maximum absolute atomic E-state index is 13.7. The van der Waals surface area contributed by atoms with Gasteiger partial charge in [0.1, 0.15) is 22.3 Å². The highest BCUT2D eigenvalue weighted by Crippen LogP contribution is 2.31. The van der Waals surface area contributed by atoms with Crippen molar-refractivity contribution in [3.05, 3.63) is 53.6 Å². The molecule has 0 saturated carbocycles. The number of rotatable bonds is 5. The predicted molar refractivity (Wildman–Crippen MR) is 104 cm³/mol. The SMILES string of the molecule is COc1ccc(C)cc1S(=O)(=O)N1CCC(C(=O)Nc2ccc(F)cc2F)CC1. The van der Waals surface area contributed by atoms with E-state index in [1.165, 1.54) is 11.4 Å². The molecule has 1 saturated heterocycles. The number of methoxy groups -OCH3 is 1. The molecule has 1 aliphatic rings. The molecule has 156 valence electrons. The third-order valence-electron chi connectivity index (χ3n) is 4.95. The number of carbonyl (C=O) groups is 1. The number of piperidine rings is 1. The highest BCUT2D eigenvalue weighted by molar-refractivity contribution is 7.89. The summed E-state index contributed by atoms with van der Waals surface area (Å²) in [6.07, 6.45) is 0.587. The fourth-order valence-electron chi connectivity index (χ4n) is 3.31. The van der Waals surface area contributed by atoms with E-state index >= 15 is 0 Å². The minimum Gasteiger partial charge on any atom is -0.495 e. The molecular weight excluding hydrogens is 402 g/mol. The summed E-state index contributed by atoms with van der Waals surface area (Å²) in [6, 6.07) is 7.85. The van der Waals surface area contributed by atoms with Crippen LogP contribution in [-0.4, -0.2) is 38.8 Å². The van der Waals surface area contributed by atoms with Crippen LogP contribution in [0.15, 0.2) is 41.3 Å². The summed E-state index contributed by atoms with van der Waals surface area (Å²) in [4.78, 5) is 12.5. The summed E-state index contributed by atoms with van der Waals surface area (Å²) in [5.74, 6) is -2.20. The minimum atomic E-state index is -3.77. The van der Waals surface area contributed by atoms with Crippen molar-refractivity contribution in [1.82, 2.24) is 4.31 Å². The zero-order chi connectivity index (χ0) is 21.2. The number of hydrogen-bond acceptors (Lipinski definition) is 4. The Bertz CT molecular complexity index is 1020. The van der Waals surface area contributed by atoms with Crippen LogP contribution in [0.3, 0.4) is 0 Å². The Kier molecular flexibility index (Phi) is 6.18. The number of nitrogens with one attached hydrogen (secondary N) is 1. The Balaban J connectivity index is 1.68. The van der Waals surface area contributed by atoms with Crippen LogP contribution in [0.4, 0.5) is 14.5 Å². The maximum atomic E-state index is 13.7. The molecule has 1 aliphatic heterocycles. The number of carbonyl (C=O) groups excluding carboxylic acids is 1. The third-order valence-corrected chi connectivity index (χ3v) is 6.87. The second-order valence-corrected chi connectivity index (χ2v) is 8.85. The lowest BCUT2D eigenvalue weighted by Crippen LogP contribution is -2.41. The van der Waals surface area contributed by atoms with Gasteiger partial charge in [0.05, 0.1) is 12.8 Å². The Morgan fingerprint density at radius 2 is 1.83 bits per heavy atom. The Morgan fingerprint density at radius 1 is 1.14 bits per heavy atom. The molecule has 0 aliphatic carbocycles. The van der Waals surface area contributed by atoms with Crippen molar-refractivity contribution in [3.8, 4) is 5.75 Å². The number of anilines is 1. The van der Waals surface area contributed by atoms with Gasteiger partial charge >= 0.3 is 0 Å². The highest BCUT2D eigenvalue weighted by Gasteiger charge is 2.34. The van der Waals surface area contributed by atoms with Crippen molar-refractivity contribution in [3.63, 3.8) is 0 Å². The van der Waals surface area contributed by atoms with Crippen LogP contribution >= 0.6 is 0 Å². The molecule has 1 N–H and O–H groups in total. The fraction of sp³-hybridized carbons (Fsp3) is 0.350. The normalized spacial score (nSPS) is 15.9. The summed E-state index contributed by atoms with van der Waals surface area (Å²) in [6.45, 7) is 2.11. The van der Waals surface area contributed by atoms with Crippen molar-refractivity contribution in [2.24, 2.45) is 5.92 Å². The van der Waals surface area contributed by atoms with Crippen LogP contribution in [0.25, 0.3) is 0 Å². The van der Waals surface area contributed by atoms with Gasteiger partial charge in [0.15, 0.2) is 0 Å². The van der Waals surface area contributed by atoms with E-state index in [4.69, 9.17) is 4.74 Å². The summed E-state index contributed by atoms with van der Waals surface area (Å²) in [5, 5.41) is 2.45. The van der Waals surface area contributed by atoms with Gasteiger partial charge in [-0.3, -0.25) is 4.79 Å². The van der Waals surface area contributed by atoms with Crippen LogP contribution in [0.5, 0.6) is 5.75 Å². The molecule has 3 rings (SSSR count). The molecule has 1 heterocycles. The van der Waals surface area contributed by atoms with Crippen LogP contribution < -0.4 is 10.1 Å². The highest BCUT2D eigenvalue weighted by atomic mass is 32.2. The Morgan fingerprint density at radius 3 is 2.45 bits per heavy atom. The summed E-state index contributed by atoms with van der Waals surface area (Å²) >= 11 is 0. The van der Waals surface area contributed by atoms with Gasteiger partial charge in [-0.1, -0.05) is 6.07 Å². The van der Waals surface area contributed by atoms with Gasteiger partial charge in [-0.25, -0.2) is 17.2 Å². The molecule has 9 heteroatoms. The first kappa shape index (κ1) is 21.2. The van der Waals surface area contributed by atoms with Gasteiger partial charge in [-0.15, -0.1) is 0 Å². The van der Waals surface area contributed by atoms with Gasteiger partial charge in [0, 0.05) is 25.1 Å². The third kappa shape index (κ3) is 4.56. The number of sulfonamides is 1. The van der Waals surface area contributed by atoms with E-state index in [-0.39, 0.29) is 29.4 Å². The molecule has 0 unspecified atom stereocenters. The number of ether oxygens (including phenoxy) is 1. The van der Waals surface area contributed by atoms with Crippen LogP contribution in [0.1, 0.15) is 18.4 Å². The molecule has 0 atom stereocenters. The monoisotopic (exact) mass is 424 g/mol. The zero-order valence-corrected chi connectivity index (χ0v) is 16.9. The molecule has 2 aromatic rings. The standard InChI is InChI=1S/C20H22F2N2O4S/c1-13-3-6-18(28-2)19(11-13)29(26,27)24-9-7-14(8-10-24)20(25)23-17-5-4-15(21)12-16(17)22/h3-6,11-12,14H,7-10H2,1-2H3,(H,23,25). The molecule has 1 amide bonds. The molecule has 29 heavy (non-hydrogen) atoms. The van der Waals surface area contributed by atoms with E-state index in [2.05, 4.69) is 5.32 Å². The molecule has 0 aromatic heterocycles. The van der Waals surface area contributed by atoms with Crippen molar-refractivity contribution in [2.45, 2.75) is 24.7 Å². The van der Waals surface area contributed by atoms with Gasteiger partial charge in [0.25, 0.3) is 0 Å². The number of hydrogen-bond donors (Lipinski definition) is 1. The largest absolute Gasteiger partial charge is 0.495 e. The topological polar surface area (TPSA) is 75.7 Å². The summed E-state index contributed by atoms with van der Waals surface area (Å²) in [7, 11) is -2.36. The fourth-order valence-corrected chi connectivity index (χ4v) is 5.02. The van der Waals surface area contributed by atoms with Gasteiger partial charge in [0.2, 0.25) is 15.9 Å². The molecule has 0 spiro atoms. The molecule has 2 aromatic carbocycles. The lowest BCUT2D eigenvalue weighted by atomic mass is 9.97. The average Bonchev–Trinajstić information content (AvgIpc) is 2.70. The van der Waals surface area contributed by atoms with Gasteiger partial charge in [-0.2, -0.15) is 4.31 Å². The van der Waals surface area contributed by atoms with E-state index in [0.29, 0.717) is 18.9 Å². The molecular formula is C20H22F2N2O4S. The second kappa shape index (κ2) is 8.46. The zero-order valence-electron chi connectivity index (χ0n) is 16.1. The van der Waals surface area contributed by atoms with Crippen molar-refractivity contribution >= 4 is 21.6 Å². The van der Waals surface area contributed by atoms with Crippen molar-refractivity contribution < 1.29 is 26.7 Å². The van der Waals surface area contributed by atoms with Crippen molar-refractivity contribution in [2.75, 3.05) is 25.5 Å². The summed E-state index contributed by atoms with van der Waals surface area (Å²) in [5.41, 5.74) is 0.691. The number of halogens is 2. The minimum absolute atomic E-state index is 0.0938. The number of benzene rings is 2. The lowest BCUT2D eigenvalue weighted by molar-refractivity contribution is -0.120. The van der Waals surface area contributed by atoms with Crippen LogP contribution in [0, 0.1) is 24.5 Å². The average molecular weight is 424 g/mol. The summed E-state index contributed by atoms with van der Waals surface area (Å²) < 4.78 is 59.3. The van der Waals surface area contributed by atoms with Gasteiger partial charge < -0.3 is 10.1 Å². The van der Waals surface area contributed by atoms with E-state index in [0.717, 1.165) is 17.7 Å². The first-order chi connectivity index (χ1) is 13.7. The number of amides is 1. The van der Waals surface area contributed by atoms with E-state index < -0.39 is 33.5 Å². The number of nitrogens with zero attached hydrogens (tertiary/aromatic N) is 1. The second-order valence-electron chi connectivity index (χ2n) is 6.95. The predicted octanol–water partition coefficient (Wildman–Crippen LogP) is 3.32. The number of aryl methyl sites for hydroxylation is 1. The van der Waals surface area contributed by atoms with E-state index in [1.54, 1.807) is 25.1 Å². The first-order valence-corrected chi connectivity index (χ1v) is 10.6. The molecule has 6 nitrogen and oxygen atoms in total.